The highest BCUT2D eigenvalue weighted by atomic mass is 16.1. The number of nitrogens with zero attached hydrogens (tertiary/aromatic N) is 2. The molecule has 0 atom stereocenters. The van der Waals surface area contributed by atoms with Gasteiger partial charge in [-0.3, -0.25) is 4.79 Å². The maximum absolute atomic E-state index is 12.6. The second kappa shape index (κ2) is 7.22. The Balaban J connectivity index is 1.38. The number of fused-ring (bicyclic) bond motifs is 2. The summed E-state index contributed by atoms with van der Waals surface area (Å²) in [6.45, 7) is 0.986. The molecule has 0 unspecified atom stereocenters. The van der Waals surface area contributed by atoms with Crippen LogP contribution < -0.4 is 15.5 Å². The Labute approximate surface area is 174 Å². The number of hydrogen-bond donors (Lipinski definition) is 3. The van der Waals surface area contributed by atoms with Crippen LogP contribution in [0.3, 0.4) is 0 Å². The fourth-order valence-corrected chi connectivity index (χ4v) is 3.77. The predicted molar refractivity (Wildman–Crippen MR) is 122 cm³/mol. The molecule has 1 aliphatic rings. The summed E-state index contributed by atoms with van der Waals surface area (Å²) in [7, 11) is 3.95. The first kappa shape index (κ1) is 18.2. The molecule has 3 N–H and O–H groups in total. The Morgan fingerprint density at radius 1 is 1.03 bits per heavy atom. The third-order valence-corrected chi connectivity index (χ3v) is 5.48. The van der Waals surface area contributed by atoms with Crippen LogP contribution in [0, 0.1) is 0 Å². The number of anilines is 3. The van der Waals surface area contributed by atoms with Gasteiger partial charge in [-0.05, 0) is 60.5 Å². The quantitative estimate of drug-likeness (QED) is 0.474. The lowest BCUT2D eigenvalue weighted by molar-refractivity contribution is 0.102. The molecule has 0 radical (unpaired) electrons. The molecule has 5 rings (SSSR count). The van der Waals surface area contributed by atoms with E-state index in [0.29, 0.717) is 5.56 Å². The van der Waals surface area contributed by atoms with Gasteiger partial charge in [0.05, 0.1) is 11.0 Å². The number of hydrogen-bond acceptors (Lipinski definition) is 4. The molecule has 3 aromatic carbocycles. The van der Waals surface area contributed by atoms with E-state index in [-0.39, 0.29) is 5.91 Å². The second-order valence-electron chi connectivity index (χ2n) is 7.76. The van der Waals surface area contributed by atoms with Gasteiger partial charge in [0.15, 0.2) is 0 Å². The number of aromatic amines is 1. The second-order valence-corrected chi connectivity index (χ2v) is 7.76. The van der Waals surface area contributed by atoms with Gasteiger partial charge in [-0.1, -0.05) is 12.1 Å². The van der Waals surface area contributed by atoms with Gasteiger partial charge in [-0.15, -0.1) is 0 Å². The lowest BCUT2D eigenvalue weighted by atomic mass is 10.1. The minimum absolute atomic E-state index is 0.139. The van der Waals surface area contributed by atoms with Gasteiger partial charge in [0.25, 0.3) is 5.91 Å². The molecule has 1 aliphatic heterocycles. The smallest absolute Gasteiger partial charge is 0.255 e. The van der Waals surface area contributed by atoms with Crippen molar-refractivity contribution in [2.45, 2.75) is 6.42 Å². The molecule has 30 heavy (non-hydrogen) atoms. The van der Waals surface area contributed by atoms with E-state index in [4.69, 9.17) is 4.98 Å². The minimum Gasteiger partial charge on any atom is -0.384 e. The van der Waals surface area contributed by atoms with Crippen LogP contribution in [0.25, 0.3) is 22.4 Å². The normalized spacial score (nSPS) is 12.5. The molecule has 1 amide bonds. The highest BCUT2D eigenvalue weighted by molar-refractivity contribution is 6.05. The number of rotatable bonds is 4. The number of aromatic nitrogens is 2. The molecule has 0 saturated carbocycles. The van der Waals surface area contributed by atoms with Crippen LogP contribution in [0.2, 0.25) is 0 Å². The standard InChI is InChI=1S/C24H23N5O/c1-29(2)19-8-5-16(6-9-19)24(30)26-18-7-10-20-22(14-18)28-23(27-20)17-4-3-15-11-12-25-21(15)13-17/h3-10,13-14,25H,11-12H2,1-2H3,(H,26,30)(H,27,28). The fraction of sp³-hybridized carbons (Fsp3) is 0.167. The first-order valence-corrected chi connectivity index (χ1v) is 10.0. The van der Waals surface area contributed by atoms with Crippen molar-refractivity contribution in [3.8, 4) is 11.4 Å². The highest BCUT2D eigenvalue weighted by Crippen LogP contribution is 2.29. The third-order valence-electron chi connectivity index (χ3n) is 5.48. The van der Waals surface area contributed by atoms with E-state index in [9.17, 15) is 4.79 Å². The van der Waals surface area contributed by atoms with Crippen LogP contribution >= 0.6 is 0 Å². The number of carbonyl (C=O) groups excluding carboxylic acids is 1. The van der Waals surface area contributed by atoms with Crippen LogP contribution in [0.5, 0.6) is 0 Å². The third kappa shape index (κ3) is 3.37. The maximum Gasteiger partial charge on any atom is 0.255 e. The molecular weight excluding hydrogens is 374 g/mol. The van der Waals surface area contributed by atoms with Crippen molar-refractivity contribution in [2.75, 3.05) is 36.2 Å². The Morgan fingerprint density at radius 3 is 2.67 bits per heavy atom. The molecule has 0 bridgehead atoms. The number of imidazole rings is 1. The first-order chi connectivity index (χ1) is 14.6. The van der Waals surface area contributed by atoms with Crippen molar-refractivity contribution in [3.05, 3.63) is 71.8 Å². The van der Waals surface area contributed by atoms with Gasteiger partial charge in [0.2, 0.25) is 0 Å². The van der Waals surface area contributed by atoms with Gasteiger partial charge in [-0.25, -0.2) is 4.98 Å². The zero-order chi connectivity index (χ0) is 20.7. The summed E-state index contributed by atoms with van der Waals surface area (Å²) in [4.78, 5) is 22.7. The zero-order valence-corrected chi connectivity index (χ0v) is 17.0. The average Bonchev–Trinajstić information content (AvgIpc) is 3.39. The molecule has 6 heteroatoms. The van der Waals surface area contributed by atoms with Crippen LogP contribution in [0.1, 0.15) is 15.9 Å². The van der Waals surface area contributed by atoms with Crippen LogP contribution in [0.15, 0.2) is 60.7 Å². The topological polar surface area (TPSA) is 73.1 Å². The molecule has 150 valence electrons. The average molecular weight is 397 g/mol. The lowest BCUT2D eigenvalue weighted by Gasteiger charge is -2.12. The minimum atomic E-state index is -0.139. The van der Waals surface area contributed by atoms with E-state index < -0.39 is 0 Å². The maximum atomic E-state index is 12.6. The van der Waals surface area contributed by atoms with Crippen LogP contribution in [-0.2, 0) is 6.42 Å². The van der Waals surface area contributed by atoms with E-state index in [0.717, 1.165) is 46.8 Å². The zero-order valence-electron chi connectivity index (χ0n) is 17.0. The SMILES string of the molecule is CN(C)c1ccc(C(=O)Nc2ccc3[nH]c(-c4ccc5c(c4)NCC5)nc3c2)cc1. The van der Waals surface area contributed by atoms with Gasteiger partial charge < -0.3 is 20.5 Å². The molecule has 6 nitrogen and oxygen atoms in total. The van der Waals surface area contributed by atoms with Crippen molar-refractivity contribution < 1.29 is 4.79 Å². The molecule has 1 aromatic heterocycles. The monoisotopic (exact) mass is 397 g/mol. The molecule has 0 spiro atoms. The molecule has 0 aliphatic carbocycles. The largest absolute Gasteiger partial charge is 0.384 e. The molecule has 2 heterocycles. The molecule has 0 fully saturated rings. The first-order valence-electron chi connectivity index (χ1n) is 10.0. The van der Waals surface area contributed by atoms with Crippen molar-refractivity contribution >= 4 is 34.0 Å². The van der Waals surface area contributed by atoms with Crippen molar-refractivity contribution in [3.63, 3.8) is 0 Å². The van der Waals surface area contributed by atoms with E-state index in [2.05, 4.69) is 33.8 Å². The van der Waals surface area contributed by atoms with Gasteiger partial charge in [0, 0.05) is 48.8 Å². The van der Waals surface area contributed by atoms with E-state index in [1.807, 2.05) is 61.5 Å². The summed E-state index contributed by atoms with van der Waals surface area (Å²) >= 11 is 0. The summed E-state index contributed by atoms with van der Waals surface area (Å²) < 4.78 is 0. The number of H-pyrrole nitrogens is 1. The van der Waals surface area contributed by atoms with Crippen LogP contribution in [-0.4, -0.2) is 36.5 Å². The van der Waals surface area contributed by atoms with Crippen molar-refractivity contribution in [2.24, 2.45) is 0 Å². The van der Waals surface area contributed by atoms with Gasteiger partial charge in [-0.2, -0.15) is 0 Å². The number of amides is 1. The number of benzene rings is 3. The highest BCUT2D eigenvalue weighted by Gasteiger charge is 2.13. The van der Waals surface area contributed by atoms with Gasteiger partial charge >= 0.3 is 0 Å². The number of carbonyl (C=O) groups is 1. The molecule has 0 saturated heterocycles. The van der Waals surface area contributed by atoms with E-state index in [1.165, 1.54) is 11.3 Å². The Bertz CT molecular complexity index is 1240. The molecule has 4 aromatic rings. The number of nitrogens with one attached hydrogen (secondary N) is 3. The van der Waals surface area contributed by atoms with Crippen molar-refractivity contribution in [1.29, 1.82) is 0 Å². The van der Waals surface area contributed by atoms with E-state index >= 15 is 0 Å². The fourth-order valence-electron chi connectivity index (χ4n) is 3.77. The van der Waals surface area contributed by atoms with Gasteiger partial charge in [0.1, 0.15) is 5.82 Å². The summed E-state index contributed by atoms with van der Waals surface area (Å²) in [6.07, 6.45) is 1.07. The lowest BCUT2D eigenvalue weighted by Crippen LogP contribution is -2.13. The van der Waals surface area contributed by atoms with E-state index in [1.54, 1.807) is 0 Å². The summed E-state index contributed by atoms with van der Waals surface area (Å²) in [5.74, 6) is 0.685. The predicted octanol–water partition coefficient (Wildman–Crippen LogP) is 4.52. The van der Waals surface area contributed by atoms with Crippen molar-refractivity contribution in [1.82, 2.24) is 9.97 Å². The Kier molecular flexibility index (Phi) is 4.39. The summed E-state index contributed by atoms with van der Waals surface area (Å²) in [5.41, 5.74) is 7.72. The van der Waals surface area contributed by atoms with Crippen LogP contribution in [0.4, 0.5) is 17.1 Å². The Morgan fingerprint density at radius 2 is 1.87 bits per heavy atom. The summed E-state index contributed by atoms with van der Waals surface area (Å²) in [6, 6.07) is 19.7. The Hall–Kier alpha value is -3.80. The summed E-state index contributed by atoms with van der Waals surface area (Å²) in [5, 5.41) is 6.37. The molecular formula is C24H23N5O.